The molecular formula is C16H25ClFN3O3. The SMILES string of the molecule is CC(COc1cccc(F)c1)NC(=O)CNC(=O)[C@@H](N)C(C)C.Cl. The van der Waals surface area contributed by atoms with Crippen molar-refractivity contribution in [1.82, 2.24) is 10.6 Å². The average Bonchev–Trinajstić information content (AvgIpc) is 2.49. The third-order valence-electron chi connectivity index (χ3n) is 3.15. The molecule has 4 N–H and O–H groups in total. The monoisotopic (exact) mass is 361 g/mol. The molecule has 0 radical (unpaired) electrons. The Labute approximate surface area is 147 Å². The van der Waals surface area contributed by atoms with Crippen LogP contribution in [-0.2, 0) is 9.59 Å². The highest BCUT2D eigenvalue weighted by molar-refractivity contribution is 5.87. The number of benzene rings is 1. The van der Waals surface area contributed by atoms with Gasteiger partial charge in [-0.1, -0.05) is 19.9 Å². The highest BCUT2D eigenvalue weighted by Crippen LogP contribution is 2.11. The molecule has 0 aliphatic carbocycles. The summed E-state index contributed by atoms with van der Waals surface area (Å²) in [4.78, 5) is 23.4. The van der Waals surface area contributed by atoms with Crippen LogP contribution in [0.4, 0.5) is 4.39 Å². The summed E-state index contributed by atoms with van der Waals surface area (Å²) in [6.45, 7) is 5.45. The minimum atomic E-state index is -0.642. The second kappa shape index (κ2) is 10.8. The van der Waals surface area contributed by atoms with Crippen molar-refractivity contribution in [3.8, 4) is 5.75 Å². The van der Waals surface area contributed by atoms with E-state index in [0.29, 0.717) is 5.75 Å². The Morgan fingerprint density at radius 2 is 1.96 bits per heavy atom. The minimum Gasteiger partial charge on any atom is -0.491 e. The van der Waals surface area contributed by atoms with E-state index >= 15 is 0 Å². The zero-order chi connectivity index (χ0) is 17.4. The number of nitrogens with two attached hydrogens (primary N) is 1. The molecule has 0 bridgehead atoms. The van der Waals surface area contributed by atoms with E-state index in [0.717, 1.165) is 0 Å². The van der Waals surface area contributed by atoms with Crippen LogP contribution in [0.1, 0.15) is 20.8 Å². The molecule has 1 aromatic rings. The van der Waals surface area contributed by atoms with Crippen molar-refractivity contribution >= 4 is 24.2 Å². The molecule has 2 atom stereocenters. The van der Waals surface area contributed by atoms with E-state index in [-0.39, 0.29) is 55.1 Å². The van der Waals surface area contributed by atoms with Gasteiger partial charge in [0.2, 0.25) is 11.8 Å². The van der Waals surface area contributed by atoms with Crippen LogP contribution in [0.15, 0.2) is 24.3 Å². The summed E-state index contributed by atoms with van der Waals surface area (Å²) in [6.07, 6.45) is 0. The van der Waals surface area contributed by atoms with Gasteiger partial charge in [-0.05, 0) is 25.0 Å². The quantitative estimate of drug-likeness (QED) is 0.649. The van der Waals surface area contributed by atoms with E-state index in [1.807, 2.05) is 13.8 Å². The first kappa shape index (κ1) is 22.1. The molecule has 0 saturated carbocycles. The van der Waals surface area contributed by atoms with Crippen LogP contribution in [0.25, 0.3) is 0 Å². The summed E-state index contributed by atoms with van der Waals surface area (Å²) in [5.41, 5.74) is 5.68. The maximum Gasteiger partial charge on any atom is 0.239 e. The smallest absolute Gasteiger partial charge is 0.239 e. The third-order valence-corrected chi connectivity index (χ3v) is 3.15. The Balaban J connectivity index is 0.00000529. The molecule has 0 aromatic heterocycles. The second-order valence-electron chi connectivity index (χ2n) is 5.72. The predicted octanol–water partition coefficient (Wildman–Crippen LogP) is 1.23. The Hall–Kier alpha value is -1.86. The van der Waals surface area contributed by atoms with Crippen LogP contribution >= 0.6 is 12.4 Å². The molecule has 8 heteroatoms. The van der Waals surface area contributed by atoms with Crippen molar-refractivity contribution in [3.05, 3.63) is 30.1 Å². The standard InChI is InChI=1S/C16H24FN3O3.ClH/c1-10(2)15(18)16(22)19-8-14(21)20-11(3)9-23-13-6-4-5-12(17)7-13;/h4-7,10-11,15H,8-9,18H2,1-3H3,(H,19,22)(H,20,21);1H/t11?,15-;/m0./s1. The van der Waals surface area contributed by atoms with E-state index in [2.05, 4.69) is 10.6 Å². The van der Waals surface area contributed by atoms with Crippen LogP contribution in [0.5, 0.6) is 5.75 Å². The van der Waals surface area contributed by atoms with Crippen LogP contribution in [0, 0.1) is 11.7 Å². The Kier molecular flexibility index (Phi) is 9.99. The van der Waals surface area contributed by atoms with Gasteiger partial charge in [0.25, 0.3) is 0 Å². The predicted molar refractivity (Wildman–Crippen MR) is 92.6 cm³/mol. The maximum absolute atomic E-state index is 13.0. The average molecular weight is 362 g/mol. The van der Waals surface area contributed by atoms with Crippen LogP contribution in [-0.4, -0.2) is 37.0 Å². The van der Waals surface area contributed by atoms with Crippen molar-refractivity contribution in [2.24, 2.45) is 11.7 Å². The highest BCUT2D eigenvalue weighted by atomic mass is 35.5. The summed E-state index contributed by atoms with van der Waals surface area (Å²) in [5.74, 6) is -0.703. The van der Waals surface area contributed by atoms with Gasteiger partial charge in [-0.2, -0.15) is 0 Å². The molecule has 6 nitrogen and oxygen atoms in total. The van der Waals surface area contributed by atoms with Gasteiger partial charge in [0, 0.05) is 6.07 Å². The van der Waals surface area contributed by atoms with Gasteiger partial charge in [0.15, 0.2) is 0 Å². The van der Waals surface area contributed by atoms with E-state index in [9.17, 15) is 14.0 Å². The van der Waals surface area contributed by atoms with E-state index in [1.165, 1.54) is 12.1 Å². The number of hydrogen-bond donors (Lipinski definition) is 3. The van der Waals surface area contributed by atoms with Gasteiger partial charge in [-0.15, -0.1) is 12.4 Å². The third kappa shape index (κ3) is 8.12. The summed E-state index contributed by atoms with van der Waals surface area (Å²) in [7, 11) is 0. The van der Waals surface area contributed by atoms with Crippen molar-refractivity contribution in [2.45, 2.75) is 32.9 Å². The fourth-order valence-electron chi connectivity index (χ4n) is 1.73. The number of rotatable bonds is 8. The number of carbonyl (C=O) groups is 2. The molecule has 1 aromatic carbocycles. The molecule has 1 unspecified atom stereocenters. The number of ether oxygens (including phenoxy) is 1. The van der Waals surface area contributed by atoms with Crippen molar-refractivity contribution in [3.63, 3.8) is 0 Å². The lowest BCUT2D eigenvalue weighted by molar-refractivity contribution is -0.127. The lowest BCUT2D eigenvalue weighted by Gasteiger charge is -2.17. The molecule has 0 aliphatic rings. The van der Waals surface area contributed by atoms with E-state index in [1.54, 1.807) is 19.1 Å². The molecule has 0 fully saturated rings. The van der Waals surface area contributed by atoms with Gasteiger partial charge < -0.3 is 21.1 Å². The second-order valence-corrected chi connectivity index (χ2v) is 5.72. The fourth-order valence-corrected chi connectivity index (χ4v) is 1.73. The fraction of sp³-hybridized carbons (Fsp3) is 0.500. The summed E-state index contributed by atoms with van der Waals surface area (Å²) < 4.78 is 18.4. The highest BCUT2D eigenvalue weighted by Gasteiger charge is 2.18. The molecular weight excluding hydrogens is 337 g/mol. The number of halogens is 2. The molecule has 1 rings (SSSR count). The van der Waals surface area contributed by atoms with Crippen molar-refractivity contribution in [1.29, 1.82) is 0 Å². The van der Waals surface area contributed by atoms with Gasteiger partial charge >= 0.3 is 0 Å². The molecule has 0 spiro atoms. The topological polar surface area (TPSA) is 93.5 Å². The van der Waals surface area contributed by atoms with Gasteiger partial charge in [0.05, 0.1) is 18.6 Å². The first-order valence-electron chi connectivity index (χ1n) is 7.50. The van der Waals surface area contributed by atoms with Crippen LogP contribution in [0.3, 0.4) is 0 Å². The van der Waals surface area contributed by atoms with Crippen LogP contribution in [0.2, 0.25) is 0 Å². The number of carbonyl (C=O) groups excluding carboxylic acids is 2. The van der Waals surface area contributed by atoms with E-state index in [4.69, 9.17) is 10.5 Å². The first-order valence-corrected chi connectivity index (χ1v) is 7.50. The van der Waals surface area contributed by atoms with Gasteiger partial charge in [0.1, 0.15) is 18.2 Å². The number of nitrogens with one attached hydrogen (secondary N) is 2. The lowest BCUT2D eigenvalue weighted by atomic mass is 10.1. The molecule has 24 heavy (non-hydrogen) atoms. The summed E-state index contributed by atoms with van der Waals surface area (Å²) >= 11 is 0. The normalized spacial score (nSPS) is 12.8. The maximum atomic E-state index is 13.0. The number of amides is 2. The van der Waals surface area contributed by atoms with Crippen molar-refractivity contribution in [2.75, 3.05) is 13.2 Å². The van der Waals surface area contributed by atoms with E-state index < -0.39 is 6.04 Å². The van der Waals surface area contributed by atoms with Crippen LogP contribution < -0.4 is 21.1 Å². The molecule has 2 amide bonds. The zero-order valence-electron chi connectivity index (χ0n) is 14.0. The molecule has 0 aliphatic heterocycles. The first-order chi connectivity index (χ1) is 10.8. The molecule has 0 heterocycles. The summed E-state index contributed by atoms with van der Waals surface area (Å²) in [5, 5.41) is 5.16. The lowest BCUT2D eigenvalue weighted by Crippen LogP contribution is -2.48. The van der Waals surface area contributed by atoms with Gasteiger partial charge in [-0.3, -0.25) is 9.59 Å². The zero-order valence-corrected chi connectivity index (χ0v) is 14.9. The Morgan fingerprint density at radius 1 is 1.29 bits per heavy atom. The summed E-state index contributed by atoms with van der Waals surface area (Å²) in [6, 6.07) is 4.83. The Morgan fingerprint density at radius 3 is 2.54 bits per heavy atom. The molecule has 0 saturated heterocycles. The van der Waals surface area contributed by atoms with Gasteiger partial charge in [-0.25, -0.2) is 4.39 Å². The Bertz CT molecular complexity index is 543. The largest absolute Gasteiger partial charge is 0.491 e. The molecule has 136 valence electrons. The minimum absolute atomic E-state index is 0. The number of hydrogen-bond acceptors (Lipinski definition) is 4. The van der Waals surface area contributed by atoms with Crippen molar-refractivity contribution < 1.29 is 18.7 Å².